The normalized spacial score (nSPS) is 34.7. The van der Waals surface area contributed by atoms with Gasteiger partial charge in [-0.1, -0.05) is 47.8 Å². The maximum atomic E-state index is 13.1. The van der Waals surface area contributed by atoms with E-state index in [-0.39, 0.29) is 51.0 Å². The minimum Gasteiger partial charge on any atom is -0.324 e. The first kappa shape index (κ1) is 20.5. The molecule has 0 aromatic heterocycles. The molecule has 1 saturated heterocycles. The van der Waals surface area contributed by atoms with Crippen molar-refractivity contribution in [2.24, 2.45) is 23.7 Å². The van der Waals surface area contributed by atoms with Gasteiger partial charge in [-0.3, -0.25) is 19.3 Å². The number of hydrogen-bond acceptors (Lipinski definition) is 3. The summed E-state index contributed by atoms with van der Waals surface area (Å²) in [5.41, 5.74) is 2.61. The number of nitrogens with zero attached hydrogens (tertiary/aromatic N) is 1. The van der Waals surface area contributed by atoms with Gasteiger partial charge in [-0.05, 0) is 62.3 Å². The van der Waals surface area contributed by atoms with Crippen molar-refractivity contribution in [3.63, 3.8) is 0 Å². The molecule has 8 heteroatoms. The topological polar surface area (TPSA) is 66.5 Å². The zero-order valence-corrected chi connectivity index (χ0v) is 20.5. The Bertz CT molecular complexity index is 858. The molecule has 0 spiro atoms. The van der Waals surface area contributed by atoms with Crippen molar-refractivity contribution in [1.82, 2.24) is 4.90 Å². The van der Waals surface area contributed by atoms with Crippen molar-refractivity contribution in [2.75, 3.05) is 5.32 Å². The molecule has 0 unspecified atom stereocenters. The predicted molar refractivity (Wildman–Crippen MR) is 118 cm³/mol. The summed E-state index contributed by atoms with van der Waals surface area (Å²) < 4.78 is 0.970. The summed E-state index contributed by atoms with van der Waals surface area (Å²) in [4.78, 5) is 40.6. The van der Waals surface area contributed by atoms with E-state index in [0.29, 0.717) is 5.69 Å². The van der Waals surface area contributed by atoms with Crippen molar-refractivity contribution >= 4 is 71.2 Å². The van der Waals surface area contributed by atoms with Crippen molar-refractivity contribution in [1.29, 1.82) is 0 Å². The Morgan fingerprint density at radius 1 is 1.07 bits per heavy atom. The lowest BCUT2D eigenvalue weighted by molar-refractivity contribution is -0.146. The molecule has 3 aliphatic rings. The molecule has 2 aliphatic carbocycles. The van der Waals surface area contributed by atoms with Crippen LogP contribution in [-0.4, -0.2) is 38.3 Å². The number of halogens is 3. The first-order valence-electron chi connectivity index (χ1n) is 9.36. The average Bonchev–Trinajstić information content (AvgIpc) is 3.24. The molecule has 1 aromatic rings. The van der Waals surface area contributed by atoms with Gasteiger partial charge in [0.2, 0.25) is 17.7 Å². The fraction of sp³-hybridized carbons (Fsp3) is 0.550. The summed E-state index contributed by atoms with van der Waals surface area (Å²) >= 11 is 10.8. The Balaban J connectivity index is 1.55. The SMILES string of the molecule is Cc1cc(NC(=O)[C@H](C)N2C(=O)[C@H]3[C@@H]4C[C@H]([C@@H](Br)[C@H]4Br)[C@@H]3C2=O)c(C)cc1Br. The maximum absolute atomic E-state index is 13.1. The second-order valence-corrected chi connectivity index (χ2v) is 11.1. The molecule has 5 nitrogen and oxygen atoms in total. The standard InChI is InChI=1S/C20H21Br3N2O3/c1-7-5-13(8(2)4-12(7)21)24-18(26)9(3)25-19(27)14-10-6-11(15(14)20(25)28)17(23)16(10)22/h4-5,9-11,14-17H,6H2,1-3H3,(H,24,26)/t9-,10-,11-,14-,15-,16-,17+/m0/s1. The van der Waals surface area contributed by atoms with E-state index in [1.54, 1.807) is 6.92 Å². The van der Waals surface area contributed by atoms with Gasteiger partial charge in [-0.15, -0.1) is 0 Å². The number of likely N-dealkylation sites (tertiary alicyclic amines) is 1. The molecule has 150 valence electrons. The van der Waals surface area contributed by atoms with Crippen LogP contribution in [-0.2, 0) is 14.4 Å². The third-order valence-corrected chi connectivity index (χ3v) is 10.6. The fourth-order valence-electron chi connectivity index (χ4n) is 5.02. The fourth-order valence-corrected chi connectivity index (χ4v) is 7.35. The van der Waals surface area contributed by atoms with Gasteiger partial charge in [-0.25, -0.2) is 0 Å². The van der Waals surface area contributed by atoms with Crippen LogP contribution in [0.15, 0.2) is 16.6 Å². The van der Waals surface area contributed by atoms with Crippen LogP contribution in [0.3, 0.4) is 0 Å². The zero-order valence-electron chi connectivity index (χ0n) is 15.7. The molecule has 28 heavy (non-hydrogen) atoms. The van der Waals surface area contributed by atoms with Gasteiger partial charge < -0.3 is 5.32 Å². The lowest BCUT2D eigenvalue weighted by atomic mass is 9.81. The quantitative estimate of drug-likeness (QED) is 0.434. The molecule has 1 aromatic carbocycles. The Morgan fingerprint density at radius 2 is 1.61 bits per heavy atom. The minimum atomic E-state index is -0.837. The summed E-state index contributed by atoms with van der Waals surface area (Å²) in [5.74, 6) is -1.05. The Labute approximate surface area is 189 Å². The Kier molecular flexibility index (Phi) is 5.28. The third kappa shape index (κ3) is 2.93. The van der Waals surface area contributed by atoms with Gasteiger partial charge in [0.05, 0.1) is 11.8 Å². The van der Waals surface area contributed by atoms with Gasteiger partial charge in [0.1, 0.15) is 6.04 Å². The van der Waals surface area contributed by atoms with E-state index >= 15 is 0 Å². The van der Waals surface area contributed by atoms with Crippen molar-refractivity contribution in [3.8, 4) is 0 Å². The first-order valence-corrected chi connectivity index (χ1v) is 12.0. The van der Waals surface area contributed by atoms with Crippen LogP contribution in [0.25, 0.3) is 0 Å². The van der Waals surface area contributed by atoms with E-state index in [9.17, 15) is 14.4 Å². The predicted octanol–water partition coefficient (Wildman–Crippen LogP) is 4.17. The van der Waals surface area contributed by atoms with Crippen LogP contribution in [0.2, 0.25) is 0 Å². The van der Waals surface area contributed by atoms with Gasteiger partial charge in [0.25, 0.3) is 0 Å². The average molecular weight is 577 g/mol. The molecule has 4 rings (SSSR count). The van der Waals surface area contributed by atoms with E-state index in [0.717, 1.165) is 22.0 Å². The zero-order chi connectivity index (χ0) is 20.5. The largest absolute Gasteiger partial charge is 0.324 e. The van der Waals surface area contributed by atoms with Gasteiger partial charge >= 0.3 is 0 Å². The summed E-state index contributed by atoms with van der Waals surface area (Å²) in [6, 6.07) is 2.99. The third-order valence-electron chi connectivity index (χ3n) is 6.55. The molecule has 1 aliphatic heterocycles. The molecular weight excluding hydrogens is 556 g/mol. The van der Waals surface area contributed by atoms with E-state index < -0.39 is 6.04 Å². The van der Waals surface area contributed by atoms with Crippen LogP contribution in [0.5, 0.6) is 0 Å². The Morgan fingerprint density at radius 3 is 2.14 bits per heavy atom. The first-order chi connectivity index (χ1) is 13.1. The number of carbonyl (C=O) groups excluding carboxylic acids is 3. The lowest BCUT2D eigenvalue weighted by Gasteiger charge is -2.28. The van der Waals surface area contributed by atoms with Crippen molar-refractivity contribution < 1.29 is 14.4 Å². The molecule has 1 heterocycles. The number of benzene rings is 1. The highest BCUT2D eigenvalue weighted by Gasteiger charge is 2.67. The summed E-state index contributed by atoms with van der Waals surface area (Å²) in [7, 11) is 0. The number of imide groups is 1. The number of anilines is 1. The summed E-state index contributed by atoms with van der Waals surface area (Å²) in [5, 5.41) is 2.89. The van der Waals surface area contributed by atoms with Gasteiger partial charge in [0, 0.05) is 19.8 Å². The number of carbonyl (C=O) groups is 3. The van der Waals surface area contributed by atoms with E-state index in [4.69, 9.17) is 0 Å². The molecule has 7 atom stereocenters. The number of amides is 3. The maximum Gasteiger partial charge on any atom is 0.247 e. The van der Waals surface area contributed by atoms with Crippen LogP contribution in [0.1, 0.15) is 24.5 Å². The molecule has 3 amide bonds. The lowest BCUT2D eigenvalue weighted by Crippen LogP contribution is -2.46. The molecule has 0 radical (unpaired) electrons. The van der Waals surface area contributed by atoms with E-state index in [2.05, 4.69) is 53.1 Å². The summed E-state index contributed by atoms with van der Waals surface area (Å²) in [6.07, 6.45) is 0.879. The molecule has 1 N–H and O–H groups in total. The number of nitrogens with one attached hydrogen (secondary N) is 1. The number of fused-ring (bicyclic) bond motifs is 5. The van der Waals surface area contributed by atoms with Crippen molar-refractivity contribution in [3.05, 3.63) is 27.7 Å². The van der Waals surface area contributed by atoms with Crippen LogP contribution in [0.4, 0.5) is 5.69 Å². The highest BCUT2D eigenvalue weighted by molar-refractivity contribution is 9.12. The van der Waals surface area contributed by atoms with E-state index in [1.807, 2.05) is 26.0 Å². The number of hydrogen-bond donors (Lipinski definition) is 1. The number of alkyl halides is 2. The molecule has 3 fully saturated rings. The van der Waals surface area contributed by atoms with E-state index in [1.165, 1.54) is 4.90 Å². The smallest absolute Gasteiger partial charge is 0.247 e. The van der Waals surface area contributed by atoms with Gasteiger partial charge in [0.15, 0.2) is 0 Å². The van der Waals surface area contributed by atoms with Crippen LogP contribution >= 0.6 is 47.8 Å². The molecule has 2 saturated carbocycles. The highest BCUT2D eigenvalue weighted by Crippen LogP contribution is 2.60. The monoisotopic (exact) mass is 574 g/mol. The number of rotatable bonds is 3. The van der Waals surface area contributed by atoms with Crippen LogP contribution in [0, 0.1) is 37.5 Å². The second-order valence-electron chi connectivity index (χ2n) is 8.13. The highest BCUT2D eigenvalue weighted by atomic mass is 79.9. The van der Waals surface area contributed by atoms with Gasteiger partial charge in [-0.2, -0.15) is 0 Å². The minimum absolute atomic E-state index is 0.146. The van der Waals surface area contributed by atoms with Crippen molar-refractivity contribution in [2.45, 2.75) is 42.9 Å². The second kappa shape index (κ2) is 7.20. The number of aryl methyl sites for hydroxylation is 2. The molecular formula is C20H21Br3N2O3. The molecule has 2 bridgehead atoms. The summed E-state index contributed by atoms with van der Waals surface area (Å²) in [6.45, 7) is 5.48. The Hall–Kier alpha value is -0.730. The van der Waals surface area contributed by atoms with Crippen LogP contribution < -0.4 is 5.32 Å².